The highest BCUT2D eigenvalue weighted by molar-refractivity contribution is 5.28. The predicted octanol–water partition coefficient (Wildman–Crippen LogP) is 4.17. The Hall–Kier alpha value is -2.46. The lowest BCUT2D eigenvalue weighted by Crippen LogP contribution is -2.52. The number of aliphatic hydroxyl groups excluding tert-OH is 1. The van der Waals surface area contributed by atoms with Gasteiger partial charge in [0.25, 0.3) is 0 Å². The van der Waals surface area contributed by atoms with Gasteiger partial charge in [0, 0.05) is 25.6 Å². The first-order valence-electron chi connectivity index (χ1n) is 10.4. The van der Waals surface area contributed by atoms with Crippen LogP contribution in [0.1, 0.15) is 29.2 Å². The molecular formula is C26H29NO2. The van der Waals surface area contributed by atoms with Gasteiger partial charge in [-0.15, -0.1) is 0 Å². The van der Waals surface area contributed by atoms with Crippen molar-refractivity contribution < 1.29 is 10.2 Å². The number of piperidine rings is 1. The Morgan fingerprint density at radius 1 is 0.862 bits per heavy atom. The third-order valence-corrected chi connectivity index (χ3v) is 6.23. The van der Waals surface area contributed by atoms with Crippen LogP contribution >= 0.6 is 0 Å². The van der Waals surface area contributed by atoms with Crippen molar-refractivity contribution in [3.63, 3.8) is 0 Å². The molecule has 3 aromatic carbocycles. The monoisotopic (exact) mass is 387 g/mol. The molecule has 0 amide bonds. The molecule has 3 nitrogen and oxygen atoms in total. The Balaban J connectivity index is 1.57. The maximum atomic E-state index is 11.8. The third-order valence-electron chi connectivity index (χ3n) is 6.23. The van der Waals surface area contributed by atoms with Crippen LogP contribution in [0.4, 0.5) is 0 Å². The molecule has 0 saturated carbocycles. The normalized spacial score (nSPS) is 23.6. The second kappa shape index (κ2) is 8.91. The molecule has 0 spiro atoms. The maximum absolute atomic E-state index is 11.8. The number of hydrogen-bond donors (Lipinski definition) is 2. The Morgan fingerprint density at radius 3 is 2.10 bits per heavy atom. The number of nitrogens with zero attached hydrogens (tertiary/aromatic N) is 1. The number of benzene rings is 3. The smallest absolute Gasteiger partial charge is 0.0977 e. The molecule has 3 atom stereocenters. The Morgan fingerprint density at radius 2 is 1.45 bits per heavy atom. The molecule has 0 radical (unpaired) electrons. The van der Waals surface area contributed by atoms with Crippen LogP contribution in [0.3, 0.4) is 0 Å². The molecule has 0 aliphatic carbocycles. The lowest BCUT2D eigenvalue weighted by molar-refractivity contribution is -0.122. The summed E-state index contributed by atoms with van der Waals surface area (Å²) >= 11 is 0. The second-order valence-electron chi connectivity index (χ2n) is 8.04. The zero-order valence-corrected chi connectivity index (χ0v) is 16.7. The first-order valence-corrected chi connectivity index (χ1v) is 10.4. The fourth-order valence-corrected chi connectivity index (χ4v) is 4.50. The van der Waals surface area contributed by atoms with Crippen molar-refractivity contribution in [1.29, 1.82) is 0 Å². The van der Waals surface area contributed by atoms with E-state index in [9.17, 15) is 10.2 Å². The Kier molecular flexibility index (Phi) is 6.10. The van der Waals surface area contributed by atoms with Crippen LogP contribution in [0, 0.1) is 5.92 Å². The van der Waals surface area contributed by atoms with Gasteiger partial charge in [-0.2, -0.15) is 0 Å². The summed E-state index contributed by atoms with van der Waals surface area (Å²) in [5, 5.41) is 23.0. The summed E-state index contributed by atoms with van der Waals surface area (Å²) < 4.78 is 0. The molecule has 1 saturated heterocycles. The van der Waals surface area contributed by atoms with Gasteiger partial charge in [-0.25, -0.2) is 0 Å². The van der Waals surface area contributed by atoms with E-state index in [2.05, 4.69) is 29.2 Å². The van der Waals surface area contributed by atoms with Gasteiger partial charge in [0.2, 0.25) is 0 Å². The van der Waals surface area contributed by atoms with Gasteiger partial charge >= 0.3 is 0 Å². The van der Waals surface area contributed by atoms with E-state index in [0.717, 1.165) is 30.6 Å². The van der Waals surface area contributed by atoms with Crippen molar-refractivity contribution in [2.75, 3.05) is 19.6 Å². The molecule has 1 aliphatic rings. The highest BCUT2D eigenvalue weighted by Crippen LogP contribution is 2.43. The molecule has 0 bridgehead atoms. The summed E-state index contributed by atoms with van der Waals surface area (Å²) in [7, 11) is 0. The topological polar surface area (TPSA) is 43.7 Å². The minimum atomic E-state index is -1.04. The number of aliphatic hydroxyl groups is 2. The highest BCUT2D eigenvalue weighted by atomic mass is 16.3. The SMILES string of the molecule is OC(c1ccccc1)[C@H]1CN(CCc2ccccc2)CC[C@]1(O)c1ccccc1. The fraction of sp³-hybridized carbons (Fsp3) is 0.308. The zero-order chi connectivity index (χ0) is 20.1. The molecule has 3 heteroatoms. The Labute approximate surface area is 173 Å². The molecule has 2 N–H and O–H groups in total. The molecular weight excluding hydrogens is 358 g/mol. The number of likely N-dealkylation sites (tertiary alicyclic amines) is 1. The van der Waals surface area contributed by atoms with E-state index in [0.29, 0.717) is 13.0 Å². The summed E-state index contributed by atoms with van der Waals surface area (Å²) in [5.41, 5.74) is 2.02. The minimum Gasteiger partial charge on any atom is -0.388 e. The van der Waals surface area contributed by atoms with Crippen LogP contribution in [-0.4, -0.2) is 34.7 Å². The van der Waals surface area contributed by atoms with Crippen molar-refractivity contribution in [3.05, 3.63) is 108 Å². The quantitative estimate of drug-likeness (QED) is 0.667. The molecule has 0 aromatic heterocycles. The molecule has 1 unspecified atom stereocenters. The summed E-state index contributed by atoms with van der Waals surface area (Å²) in [6.07, 6.45) is 0.861. The van der Waals surface area contributed by atoms with Crippen molar-refractivity contribution in [2.45, 2.75) is 24.5 Å². The van der Waals surface area contributed by atoms with Crippen molar-refractivity contribution in [1.82, 2.24) is 4.90 Å². The number of rotatable bonds is 6. The summed E-state index contributed by atoms with van der Waals surface area (Å²) in [6.45, 7) is 2.40. The maximum Gasteiger partial charge on any atom is 0.0977 e. The van der Waals surface area contributed by atoms with Crippen LogP contribution in [0.25, 0.3) is 0 Å². The van der Waals surface area contributed by atoms with Gasteiger partial charge in [0.05, 0.1) is 11.7 Å². The van der Waals surface area contributed by atoms with Crippen LogP contribution < -0.4 is 0 Å². The molecule has 1 heterocycles. The van der Waals surface area contributed by atoms with Gasteiger partial charge in [-0.05, 0) is 29.5 Å². The van der Waals surface area contributed by atoms with Crippen molar-refractivity contribution in [2.24, 2.45) is 5.92 Å². The zero-order valence-electron chi connectivity index (χ0n) is 16.7. The lowest BCUT2D eigenvalue weighted by Gasteiger charge is -2.47. The van der Waals surface area contributed by atoms with E-state index in [-0.39, 0.29) is 5.92 Å². The summed E-state index contributed by atoms with van der Waals surface area (Å²) in [5.74, 6) is -0.295. The molecule has 1 aliphatic heterocycles. The number of hydrogen-bond acceptors (Lipinski definition) is 3. The highest BCUT2D eigenvalue weighted by Gasteiger charge is 2.46. The fourth-order valence-electron chi connectivity index (χ4n) is 4.50. The van der Waals surface area contributed by atoms with Crippen LogP contribution in [-0.2, 0) is 12.0 Å². The van der Waals surface area contributed by atoms with Crippen LogP contribution in [0.15, 0.2) is 91.0 Å². The van der Waals surface area contributed by atoms with Crippen LogP contribution in [0.5, 0.6) is 0 Å². The largest absolute Gasteiger partial charge is 0.388 e. The van der Waals surface area contributed by atoms with Crippen LogP contribution in [0.2, 0.25) is 0 Å². The van der Waals surface area contributed by atoms with Gasteiger partial charge in [-0.3, -0.25) is 0 Å². The van der Waals surface area contributed by atoms with Crippen molar-refractivity contribution >= 4 is 0 Å². The van der Waals surface area contributed by atoms with Gasteiger partial charge in [0.15, 0.2) is 0 Å². The molecule has 4 rings (SSSR count). The van der Waals surface area contributed by atoms with Gasteiger partial charge in [0.1, 0.15) is 0 Å². The predicted molar refractivity (Wildman–Crippen MR) is 116 cm³/mol. The Bertz CT molecular complexity index is 884. The van der Waals surface area contributed by atoms with Gasteiger partial charge < -0.3 is 15.1 Å². The van der Waals surface area contributed by atoms with E-state index < -0.39 is 11.7 Å². The molecule has 1 fully saturated rings. The molecule has 150 valence electrons. The van der Waals surface area contributed by atoms with E-state index >= 15 is 0 Å². The first kappa shape index (κ1) is 19.8. The lowest BCUT2D eigenvalue weighted by atomic mass is 9.72. The second-order valence-corrected chi connectivity index (χ2v) is 8.04. The van der Waals surface area contributed by atoms with E-state index in [1.807, 2.05) is 66.7 Å². The minimum absolute atomic E-state index is 0.295. The first-order chi connectivity index (χ1) is 14.2. The summed E-state index contributed by atoms with van der Waals surface area (Å²) in [6, 6.07) is 30.0. The summed E-state index contributed by atoms with van der Waals surface area (Å²) in [4.78, 5) is 2.38. The molecule has 29 heavy (non-hydrogen) atoms. The third kappa shape index (κ3) is 4.43. The average molecular weight is 388 g/mol. The van der Waals surface area contributed by atoms with E-state index in [1.165, 1.54) is 5.56 Å². The average Bonchev–Trinajstić information content (AvgIpc) is 2.80. The molecule has 3 aromatic rings. The van der Waals surface area contributed by atoms with Gasteiger partial charge in [-0.1, -0.05) is 91.0 Å². The van der Waals surface area contributed by atoms with E-state index in [4.69, 9.17) is 0 Å². The van der Waals surface area contributed by atoms with E-state index in [1.54, 1.807) is 0 Å². The standard InChI is InChI=1S/C26H29NO2/c28-25(22-12-6-2-7-13-22)24-20-27(18-16-21-10-4-1-5-11-21)19-17-26(24,29)23-14-8-3-9-15-23/h1-15,24-25,28-29H,16-20H2/t24-,25?,26+/m1/s1. The van der Waals surface area contributed by atoms with Crippen molar-refractivity contribution in [3.8, 4) is 0 Å².